The molecule has 0 amide bonds. The molecule has 112 valence electrons. The molecular weight excluding hydrogens is 278 g/mol. The van der Waals surface area contributed by atoms with E-state index in [9.17, 15) is 0 Å². The van der Waals surface area contributed by atoms with Crippen molar-refractivity contribution < 1.29 is 0 Å². The molecule has 1 aliphatic rings. The van der Waals surface area contributed by atoms with Crippen LogP contribution in [0.15, 0.2) is 42.0 Å². The van der Waals surface area contributed by atoms with Crippen molar-refractivity contribution in [1.82, 2.24) is 15.2 Å². The second kappa shape index (κ2) is 7.16. The van der Waals surface area contributed by atoms with Gasteiger partial charge in [0, 0.05) is 29.4 Å². The Morgan fingerprint density at radius 1 is 1.29 bits per heavy atom. The summed E-state index contributed by atoms with van der Waals surface area (Å²) in [4.78, 5) is 7.97. The maximum atomic E-state index is 4.12. The molecule has 1 saturated heterocycles. The van der Waals surface area contributed by atoms with Crippen molar-refractivity contribution in [2.75, 3.05) is 20.1 Å². The molecule has 4 heteroatoms. The van der Waals surface area contributed by atoms with Gasteiger partial charge in [0.25, 0.3) is 0 Å². The summed E-state index contributed by atoms with van der Waals surface area (Å²) >= 11 is 1.85. The van der Waals surface area contributed by atoms with Crippen molar-refractivity contribution in [1.29, 1.82) is 0 Å². The number of rotatable bonds is 5. The number of aromatic nitrogens is 1. The van der Waals surface area contributed by atoms with Crippen LogP contribution in [0.5, 0.6) is 0 Å². The lowest BCUT2D eigenvalue weighted by Gasteiger charge is -2.32. The Morgan fingerprint density at radius 3 is 2.71 bits per heavy atom. The number of hydrogen-bond acceptors (Lipinski definition) is 4. The van der Waals surface area contributed by atoms with Crippen molar-refractivity contribution in [2.45, 2.75) is 31.3 Å². The molecule has 3 heterocycles. The van der Waals surface area contributed by atoms with Crippen LogP contribution in [-0.4, -0.2) is 36.1 Å². The highest BCUT2D eigenvalue weighted by Gasteiger charge is 2.21. The van der Waals surface area contributed by atoms with Crippen LogP contribution in [-0.2, 0) is 6.42 Å². The first kappa shape index (κ1) is 14.7. The van der Waals surface area contributed by atoms with Gasteiger partial charge in [-0.25, -0.2) is 0 Å². The molecule has 1 N–H and O–H groups in total. The molecule has 2 aromatic heterocycles. The fourth-order valence-electron chi connectivity index (χ4n) is 2.95. The van der Waals surface area contributed by atoms with E-state index < -0.39 is 0 Å². The third-order valence-corrected chi connectivity index (χ3v) is 5.22. The summed E-state index contributed by atoms with van der Waals surface area (Å²) in [7, 11) is 2.21. The Balaban J connectivity index is 1.68. The zero-order valence-corrected chi connectivity index (χ0v) is 13.4. The molecule has 0 saturated carbocycles. The van der Waals surface area contributed by atoms with Crippen LogP contribution in [0, 0.1) is 0 Å². The van der Waals surface area contributed by atoms with Gasteiger partial charge < -0.3 is 10.2 Å². The Hall–Kier alpha value is -1.23. The number of likely N-dealkylation sites (tertiary alicyclic amines) is 1. The van der Waals surface area contributed by atoms with E-state index in [0.29, 0.717) is 12.1 Å². The third-order valence-electron chi connectivity index (χ3n) is 4.23. The van der Waals surface area contributed by atoms with Gasteiger partial charge in [0.2, 0.25) is 0 Å². The molecule has 1 fully saturated rings. The van der Waals surface area contributed by atoms with E-state index in [1.165, 1.54) is 36.4 Å². The van der Waals surface area contributed by atoms with Crippen molar-refractivity contribution in [3.63, 3.8) is 0 Å². The summed E-state index contributed by atoms with van der Waals surface area (Å²) < 4.78 is 0. The van der Waals surface area contributed by atoms with Crippen LogP contribution in [0.1, 0.15) is 29.3 Å². The molecule has 1 aliphatic heterocycles. The van der Waals surface area contributed by atoms with Crippen LogP contribution >= 0.6 is 11.3 Å². The first-order valence-electron chi connectivity index (χ1n) is 7.68. The van der Waals surface area contributed by atoms with Gasteiger partial charge in [-0.1, -0.05) is 6.07 Å². The summed E-state index contributed by atoms with van der Waals surface area (Å²) in [6, 6.07) is 9.69. The lowest BCUT2D eigenvalue weighted by Crippen LogP contribution is -2.42. The van der Waals surface area contributed by atoms with Gasteiger partial charge in [-0.3, -0.25) is 4.98 Å². The standard InChI is InChI=1S/C17H23N3S/c1-20-10-6-15(7-11-20)19-16(17-3-2-12-21-17)13-14-4-8-18-9-5-14/h2-5,8-9,12,15-16,19H,6-7,10-11,13H2,1H3. The van der Waals surface area contributed by atoms with Gasteiger partial charge in [-0.2, -0.15) is 0 Å². The van der Waals surface area contributed by atoms with E-state index in [0.717, 1.165) is 6.42 Å². The molecule has 2 aromatic rings. The predicted octanol–water partition coefficient (Wildman–Crippen LogP) is 3.11. The summed E-state index contributed by atoms with van der Waals surface area (Å²) in [5.74, 6) is 0. The molecular formula is C17H23N3S. The Labute approximate surface area is 131 Å². The second-order valence-electron chi connectivity index (χ2n) is 5.87. The number of thiophene rings is 1. The highest BCUT2D eigenvalue weighted by Crippen LogP contribution is 2.25. The first-order chi connectivity index (χ1) is 10.3. The normalized spacial score (nSPS) is 18.7. The lowest BCUT2D eigenvalue weighted by atomic mass is 10.0. The molecule has 0 radical (unpaired) electrons. The number of piperidine rings is 1. The van der Waals surface area contributed by atoms with Crippen LogP contribution in [0.25, 0.3) is 0 Å². The fourth-order valence-corrected chi connectivity index (χ4v) is 3.73. The molecule has 0 aromatic carbocycles. The predicted molar refractivity (Wildman–Crippen MR) is 88.7 cm³/mol. The first-order valence-corrected chi connectivity index (χ1v) is 8.56. The van der Waals surface area contributed by atoms with Crippen molar-refractivity contribution in [3.8, 4) is 0 Å². The molecule has 1 unspecified atom stereocenters. The minimum absolute atomic E-state index is 0.417. The molecule has 0 aliphatic carbocycles. The van der Waals surface area contributed by atoms with E-state index in [2.05, 4.69) is 51.9 Å². The van der Waals surface area contributed by atoms with Gasteiger partial charge in [-0.05, 0) is 68.5 Å². The smallest absolute Gasteiger partial charge is 0.0457 e. The van der Waals surface area contributed by atoms with E-state index in [-0.39, 0.29) is 0 Å². The quantitative estimate of drug-likeness (QED) is 0.920. The van der Waals surface area contributed by atoms with Gasteiger partial charge in [0.1, 0.15) is 0 Å². The summed E-state index contributed by atoms with van der Waals surface area (Å²) in [6.45, 7) is 2.40. The minimum Gasteiger partial charge on any atom is -0.306 e. The molecule has 0 bridgehead atoms. The third kappa shape index (κ3) is 4.13. The largest absolute Gasteiger partial charge is 0.306 e. The van der Waals surface area contributed by atoms with Gasteiger partial charge in [-0.15, -0.1) is 11.3 Å². The van der Waals surface area contributed by atoms with Crippen LogP contribution in [0.3, 0.4) is 0 Å². The van der Waals surface area contributed by atoms with Crippen molar-refractivity contribution in [3.05, 3.63) is 52.5 Å². The minimum atomic E-state index is 0.417. The van der Waals surface area contributed by atoms with Crippen LogP contribution in [0.4, 0.5) is 0 Å². The molecule has 3 nitrogen and oxygen atoms in total. The Bertz CT molecular complexity index is 518. The van der Waals surface area contributed by atoms with E-state index in [4.69, 9.17) is 0 Å². The fraction of sp³-hybridized carbons (Fsp3) is 0.471. The molecule has 21 heavy (non-hydrogen) atoms. The number of nitrogens with zero attached hydrogens (tertiary/aromatic N) is 2. The average molecular weight is 301 g/mol. The molecule has 3 rings (SSSR count). The van der Waals surface area contributed by atoms with Crippen molar-refractivity contribution >= 4 is 11.3 Å². The van der Waals surface area contributed by atoms with Crippen LogP contribution < -0.4 is 5.32 Å². The monoisotopic (exact) mass is 301 g/mol. The number of pyridine rings is 1. The second-order valence-corrected chi connectivity index (χ2v) is 6.85. The zero-order chi connectivity index (χ0) is 14.5. The van der Waals surface area contributed by atoms with Gasteiger partial charge in [0.15, 0.2) is 0 Å². The topological polar surface area (TPSA) is 28.2 Å². The summed E-state index contributed by atoms with van der Waals surface area (Å²) in [6.07, 6.45) is 7.30. The van der Waals surface area contributed by atoms with Gasteiger partial charge >= 0.3 is 0 Å². The maximum Gasteiger partial charge on any atom is 0.0457 e. The highest BCUT2D eigenvalue weighted by atomic mass is 32.1. The highest BCUT2D eigenvalue weighted by molar-refractivity contribution is 7.10. The van der Waals surface area contributed by atoms with E-state index >= 15 is 0 Å². The zero-order valence-electron chi connectivity index (χ0n) is 12.5. The molecule has 0 spiro atoms. The summed E-state index contributed by atoms with van der Waals surface area (Å²) in [5.41, 5.74) is 1.35. The van der Waals surface area contributed by atoms with E-state index in [1.54, 1.807) is 0 Å². The average Bonchev–Trinajstić information content (AvgIpc) is 3.04. The Kier molecular flexibility index (Phi) is 5.01. The van der Waals surface area contributed by atoms with Crippen molar-refractivity contribution in [2.24, 2.45) is 0 Å². The maximum absolute atomic E-state index is 4.12. The number of hydrogen-bond donors (Lipinski definition) is 1. The Morgan fingerprint density at radius 2 is 2.05 bits per heavy atom. The molecule has 1 atom stereocenters. The van der Waals surface area contributed by atoms with E-state index in [1.807, 2.05) is 23.7 Å². The summed E-state index contributed by atoms with van der Waals surface area (Å²) in [5, 5.41) is 6.06. The lowest BCUT2D eigenvalue weighted by molar-refractivity contribution is 0.224. The van der Waals surface area contributed by atoms with Gasteiger partial charge in [0.05, 0.1) is 0 Å². The SMILES string of the molecule is CN1CCC(NC(Cc2ccncc2)c2cccs2)CC1. The number of nitrogens with one attached hydrogen (secondary N) is 1. The van der Waals surface area contributed by atoms with Crippen LogP contribution in [0.2, 0.25) is 0 Å².